The zero-order valence-corrected chi connectivity index (χ0v) is 15.4. The van der Waals surface area contributed by atoms with Crippen LogP contribution in [0.4, 0.5) is 0 Å². The second-order valence-electron chi connectivity index (χ2n) is 5.63. The van der Waals surface area contributed by atoms with E-state index in [0.717, 1.165) is 11.1 Å². The molecule has 0 atom stereocenters. The van der Waals surface area contributed by atoms with Gasteiger partial charge in [-0.1, -0.05) is 71.7 Å². The SMILES string of the molecule is O=C(/C=C/c1ccccc1OCc1ccccc1)c1cc(Cl)ccc1Cl. The average Bonchev–Trinajstić information content (AvgIpc) is 2.67. The lowest BCUT2D eigenvalue weighted by Crippen LogP contribution is -1.98. The van der Waals surface area contributed by atoms with Crippen LogP contribution in [0.1, 0.15) is 21.5 Å². The van der Waals surface area contributed by atoms with Crippen molar-refractivity contribution in [1.29, 1.82) is 0 Å². The van der Waals surface area contributed by atoms with Gasteiger partial charge in [-0.15, -0.1) is 0 Å². The Bertz CT molecular complexity index is 934. The van der Waals surface area contributed by atoms with Gasteiger partial charge in [0, 0.05) is 16.1 Å². The Morgan fingerprint density at radius 3 is 2.46 bits per heavy atom. The van der Waals surface area contributed by atoms with Crippen LogP contribution in [0.25, 0.3) is 6.08 Å². The van der Waals surface area contributed by atoms with Crippen molar-refractivity contribution in [1.82, 2.24) is 0 Å². The van der Waals surface area contributed by atoms with Crippen LogP contribution in [0.5, 0.6) is 5.75 Å². The highest BCUT2D eigenvalue weighted by atomic mass is 35.5. The Kier molecular flexibility index (Phi) is 6.11. The molecule has 0 saturated heterocycles. The van der Waals surface area contributed by atoms with E-state index in [9.17, 15) is 4.79 Å². The molecule has 3 aromatic carbocycles. The van der Waals surface area contributed by atoms with Gasteiger partial charge in [0.05, 0.1) is 5.02 Å². The number of carbonyl (C=O) groups is 1. The summed E-state index contributed by atoms with van der Waals surface area (Å²) in [6, 6.07) is 22.3. The largest absolute Gasteiger partial charge is 0.488 e. The van der Waals surface area contributed by atoms with Crippen LogP contribution in [-0.4, -0.2) is 5.78 Å². The van der Waals surface area contributed by atoms with Crippen LogP contribution in [-0.2, 0) is 6.61 Å². The summed E-state index contributed by atoms with van der Waals surface area (Å²) < 4.78 is 5.89. The average molecular weight is 383 g/mol. The highest BCUT2D eigenvalue weighted by Crippen LogP contribution is 2.24. The number of halogens is 2. The van der Waals surface area contributed by atoms with E-state index in [1.165, 1.54) is 6.08 Å². The van der Waals surface area contributed by atoms with E-state index in [0.29, 0.717) is 28.0 Å². The molecule has 0 aliphatic heterocycles. The molecule has 0 N–H and O–H groups in total. The molecule has 3 aromatic rings. The van der Waals surface area contributed by atoms with Crippen LogP contribution in [0, 0.1) is 0 Å². The third-order valence-corrected chi connectivity index (χ3v) is 4.33. The number of hydrogen-bond donors (Lipinski definition) is 0. The molecule has 0 aromatic heterocycles. The van der Waals surface area contributed by atoms with E-state index in [1.807, 2.05) is 54.6 Å². The predicted molar refractivity (Wildman–Crippen MR) is 107 cm³/mol. The molecule has 0 saturated carbocycles. The van der Waals surface area contributed by atoms with Crippen molar-refractivity contribution >= 4 is 35.1 Å². The number of rotatable bonds is 6. The first-order valence-electron chi connectivity index (χ1n) is 8.07. The van der Waals surface area contributed by atoms with E-state index in [2.05, 4.69) is 0 Å². The number of allylic oxidation sites excluding steroid dienone is 1. The minimum absolute atomic E-state index is 0.213. The van der Waals surface area contributed by atoms with Crippen molar-refractivity contribution in [3.05, 3.63) is 106 Å². The summed E-state index contributed by atoms with van der Waals surface area (Å²) >= 11 is 12.0. The highest BCUT2D eigenvalue weighted by Gasteiger charge is 2.09. The monoisotopic (exact) mass is 382 g/mol. The molecule has 0 fully saturated rings. The number of ether oxygens (including phenoxy) is 1. The fraction of sp³-hybridized carbons (Fsp3) is 0.0455. The first kappa shape index (κ1) is 18.2. The normalized spacial score (nSPS) is 10.8. The topological polar surface area (TPSA) is 26.3 Å². The Morgan fingerprint density at radius 1 is 0.923 bits per heavy atom. The molecule has 0 amide bonds. The van der Waals surface area contributed by atoms with Crippen LogP contribution in [0.15, 0.2) is 78.9 Å². The molecule has 2 nitrogen and oxygen atoms in total. The van der Waals surface area contributed by atoms with Gasteiger partial charge in [-0.2, -0.15) is 0 Å². The fourth-order valence-electron chi connectivity index (χ4n) is 2.43. The van der Waals surface area contributed by atoms with E-state index in [4.69, 9.17) is 27.9 Å². The van der Waals surface area contributed by atoms with Gasteiger partial charge in [-0.25, -0.2) is 0 Å². The Labute approximate surface area is 162 Å². The van der Waals surface area contributed by atoms with Crippen molar-refractivity contribution in [2.75, 3.05) is 0 Å². The summed E-state index contributed by atoms with van der Waals surface area (Å²) in [5.74, 6) is 0.493. The molecule has 0 aliphatic carbocycles. The first-order chi connectivity index (χ1) is 12.6. The van der Waals surface area contributed by atoms with Gasteiger partial charge in [0.1, 0.15) is 12.4 Å². The molecule has 0 heterocycles. The molecule has 0 radical (unpaired) electrons. The van der Waals surface area contributed by atoms with Crippen molar-refractivity contribution in [3.63, 3.8) is 0 Å². The maximum absolute atomic E-state index is 12.4. The zero-order chi connectivity index (χ0) is 18.4. The summed E-state index contributed by atoms with van der Waals surface area (Å²) in [5, 5.41) is 0.843. The molecular formula is C22H16Cl2O2. The molecule has 26 heavy (non-hydrogen) atoms. The number of benzene rings is 3. The lowest BCUT2D eigenvalue weighted by atomic mass is 10.1. The molecular weight excluding hydrogens is 367 g/mol. The van der Waals surface area contributed by atoms with Crippen LogP contribution in [0.2, 0.25) is 10.0 Å². The van der Waals surface area contributed by atoms with Crippen LogP contribution in [0.3, 0.4) is 0 Å². The van der Waals surface area contributed by atoms with Crippen molar-refractivity contribution in [2.24, 2.45) is 0 Å². The second-order valence-corrected chi connectivity index (χ2v) is 6.48. The second kappa shape index (κ2) is 8.70. The van der Waals surface area contributed by atoms with Gasteiger partial charge >= 0.3 is 0 Å². The quantitative estimate of drug-likeness (QED) is 0.360. The summed E-state index contributed by atoms with van der Waals surface area (Å²) in [7, 11) is 0. The maximum atomic E-state index is 12.4. The first-order valence-corrected chi connectivity index (χ1v) is 8.82. The molecule has 0 bridgehead atoms. The van der Waals surface area contributed by atoms with E-state index in [1.54, 1.807) is 24.3 Å². The van der Waals surface area contributed by atoms with Crippen LogP contribution >= 0.6 is 23.2 Å². The maximum Gasteiger partial charge on any atom is 0.187 e. The molecule has 0 unspecified atom stereocenters. The third-order valence-electron chi connectivity index (χ3n) is 3.76. The van der Waals surface area contributed by atoms with E-state index in [-0.39, 0.29) is 5.78 Å². The van der Waals surface area contributed by atoms with Gasteiger partial charge in [-0.3, -0.25) is 4.79 Å². The van der Waals surface area contributed by atoms with Gasteiger partial charge in [0.2, 0.25) is 0 Å². The number of carbonyl (C=O) groups excluding carboxylic acids is 1. The molecule has 0 spiro atoms. The lowest BCUT2D eigenvalue weighted by Gasteiger charge is -2.09. The van der Waals surface area contributed by atoms with Gasteiger partial charge in [-0.05, 0) is 42.0 Å². The highest BCUT2D eigenvalue weighted by molar-refractivity contribution is 6.36. The number of hydrogen-bond acceptors (Lipinski definition) is 2. The van der Waals surface area contributed by atoms with Gasteiger partial charge in [0.25, 0.3) is 0 Å². The number of para-hydroxylation sites is 1. The van der Waals surface area contributed by atoms with E-state index < -0.39 is 0 Å². The van der Waals surface area contributed by atoms with E-state index >= 15 is 0 Å². The summed E-state index contributed by atoms with van der Waals surface area (Å²) in [6.45, 7) is 0.458. The standard InChI is InChI=1S/C22H16Cl2O2/c23-18-11-12-20(24)19(14-18)21(25)13-10-17-8-4-5-9-22(17)26-15-16-6-2-1-3-7-16/h1-14H,15H2/b13-10+. The minimum atomic E-state index is -0.213. The van der Waals surface area contributed by atoms with Crippen molar-refractivity contribution < 1.29 is 9.53 Å². The Morgan fingerprint density at radius 2 is 1.65 bits per heavy atom. The van der Waals surface area contributed by atoms with Gasteiger partial charge in [0.15, 0.2) is 5.78 Å². The minimum Gasteiger partial charge on any atom is -0.488 e. The zero-order valence-electron chi connectivity index (χ0n) is 13.9. The third kappa shape index (κ3) is 4.75. The summed E-state index contributed by atoms with van der Waals surface area (Å²) in [6.07, 6.45) is 3.20. The lowest BCUT2D eigenvalue weighted by molar-refractivity contribution is 0.104. The van der Waals surface area contributed by atoms with Gasteiger partial charge < -0.3 is 4.74 Å². The summed E-state index contributed by atoms with van der Waals surface area (Å²) in [4.78, 5) is 12.4. The Balaban J connectivity index is 1.76. The smallest absolute Gasteiger partial charge is 0.187 e. The summed E-state index contributed by atoms with van der Waals surface area (Å²) in [5.41, 5.74) is 2.26. The predicted octanol–water partition coefficient (Wildman–Crippen LogP) is 6.47. The Hall–Kier alpha value is -2.55. The molecule has 3 rings (SSSR count). The van der Waals surface area contributed by atoms with Crippen LogP contribution < -0.4 is 4.74 Å². The molecule has 0 aliphatic rings. The number of ketones is 1. The fourth-order valence-corrected chi connectivity index (χ4v) is 2.81. The van der Waals surface area contributed by atoms with Crippen molar-refractivity contribution in [2.45, 2.75) is 6.61 Å². The molecule has 4 heteroatoms. The molecule has 130 valence electrons. The van der Waals surface area contributed by atoms with Crippen molar-refractivity contribution in [3.8, 4) is 5.75 Å².